The van der Waals surface area contributed by atoms with E-state index in [0.29, 0.717) is 12.2 Å². The van der Waals surface area contributed by atoms with Gasteiger partial charge in [-0.1, -0.05) is 0 Å². The molecule has 13 heavy (non-hydrogen) atoms. The summed E-state index contributed by atoms with van der Waals surface area (Å²) in [6.45, 7) is 0.342. The Bertz CT molecular complexity index is 425. The van der Waals surface area contributed by atoms with Crippen molar-refractivity contribution in [1.82, 2.24) is 4.57 Å². The van der Waals surface area contributed by atoms with Crippen molar-refractivity contribution in [2.75, 3.05) is 12.0 Å². The first-order chi connectivity index (χ1) is 6.03. The first kappa shape index (κ1) is 9.81. The van der Waals surface area contributed by atoms with E-state index < -0.39 is 9.84 Å². The molecule has 0 bridgehead atoms. The lowest BCUT2D eigenvalue weighted by atomic mass is 10.5. The van der Waals surface area contributed by atoms with Gasteiger partial charge in [-0.3, -0.25) is 0 Å². The lowest BCUT2D eigenvalue weighted by Crippen LogP contribution is -2.11. The number of rotatable bonds is 3. The molecular formula is C8H10N2O2S. The number of sulfone groups is 1. The highest BCUT2D eigenvalue weighted by atomic mass is 32.2. The van der Waals surface area contributed by atoms with Crippen molar-refractivity contribution in [2.45, 2.75) is 6.54 Å². The SMILES string of the molecule is CS(=O)(=O)CCn1cccc1C#N. The van der Waals surface area contributed by atoms with Gasteiger partial charge in [-0.2, -0.15) is 5.26 Å². The molecule has 1 heterocycles. The van der Waals surface area contributed by atoms with Gasteiger partial charge in [0.2, 0.25) is 0 Å². The summed E-state index contributed by atoms with van der Waals surface area (Å²) in [5.41, 5.74) is 0.489. The average molecular weight is 198 g/mol. The highest BCUT2D eigenvalue weighted by Crippen LogP contribution is 2.00. The molecule has 1 rings (SSSR count). The smallest absolute Gasteiger partial charge is 0.149 e. The fourth-order valence-corrected chi connectivity index (χ4v) is 1.50. The van der Waals surface area contributed by atoms with Crippen LogP contribution in [-0.4, -0.2) is 25.0 Å². The van der Waals surface area contributed by atoms with Crippen LogP contribution in [0.1, 0.15) is 5.69 Å². The zero-order valence-corrected chi connectivity index (χ0v) is 8.08. The second-order valence-corrected chi connectivity index (χ2v) is 5.09. The molecule has 0 aromatic carbocycles. The zero-order valence-electron chi connectivity index (χ0n) is 7.27. The van der Waals surface area contributed by atoms with Crippen LogP contribution in [-0.2, 0) is 16.4 Å². The van der Waals surface area contributed by atoms with Crippen LogP contribution >= 0.6 is 0 Å². The minimum atomic E-state index is -2.96. The molecule has 5 heteroatoms. The Morgan fingerprint density at radius 2 is 2.31 bits per heavy atom. The number of aryl methyl sites for hydroxylation is 1. The minimum Gasteiger partial charge on any atom is -0.338 e. The van der Waals surface area contributed by atoms with E-state index in [0.717, 1.165) is 0 Å². The third-order valence-electron chi connectivity index (χ3n) is 1.65. The summed E-state index contributed by atoms with van der Waals surface area (Å²) in [5, 5.41) is 8.62. The van der Waals surface area contributed by atoms with Gasteiger partial charge in [-0.05, 0) is 12.1 Å². The van der Waals surface area contributed by atoms with E-state index in [1.165, 1.54) is 6.26 Å². The molecule has 0 fully saturated rings. The van der Waals surface area contributed by atoms with Crippen LogP contribution in [0.4, 0.5) is 0 Å². The van der Waals surface area contributed by atoms with Gasteiger partial charge in [0, 0.05) is 19.0 Å². The van der Waals surface area contributed by atoms with Gasteiger partial charge in [0.1, 0.15) is 21.6 Å². The van der Waals surface area contributed by atoms with Crippen LogP contribution in [0.5, 0.6) is 0 Å². The van der Waals surface area contributed by atoms with Crippen molar-refractivity contribution in [2.24, 2.45) is 0 Å². The van der Waals surface area contributed by atoms with Gasteiger partial charge >= 0.3 is 0 Å². The molecule has 0 saturated heterocycles. The van der Waals surface area contributed by atoms with Gasteiger partial charge in [-0.15, -0.1) is 0 Å². The topological polar surface area (TPSA) is 62.9 Å². The van der Waals surface area contributed by atoms with E-state index in [-0.39, 0.29) is 5.75 Å². The van der Waals surface area contributed by atoms with Crippen molar-refractivity contribution < 1.29 is 8.42 Å². The number of aromatic nitrogens is 1. The van der Waals surface area contributed by atoms with Crippen molar-refractivity contribution in [3.63, 3.8) is 0 Å². The molecule has 0 aliphatic rings. The molecule has 1 aromatic heterocycles. The molecule has 0 atom stereocenters. The molecule has 0 aliphatic carbocycles. The quantitative estimate of drug-likeness (QED) is 0.706. The molecule has 4 nitrogen and oxygen atoms in total. The number of nitriles is 1. The van der Waals surface area contributed by atoms with Crippen LogP contribution in [0.15, 0.2) is 18.3 Å². The highest BCUT2D eigenvalue weighted by Gasteiger charge is 2.04. The Balaban J connectivity index is 2.71. The van der Waals surface area contributed by atoms with Crippen molar-refractivity contribution in [1.29, 1.82) is 5.26 Å². The Hall–Kier alpha value is -1.28. The maximum Gasteiger partial charge on any atom is 0.149 e. The second-order valence-electron chi connectivity index (χ2n) is 2.83. The molecule has 0 N–H and O–H groups in total. The summed E-state index contributed by atoms with van der Waals surface area (Å²) < 4.78 is 23.3. The molecule has 0 saturated carbocycles. The minimum absolute atomic E-state index is 0.0658. The Morgan fingerprint density at radius 3 is 2.85 bits per heavy atom. The van der Waals surface area contributed by atoms with Crippen molar-refractivity contribution >= 4 is 9.84 Å². The van der Waals surface area contributed by atoms with Crippen molar-refractivity contribution in [3.05, 3.63) is 24.0 Å². The largest absolute Gasteiger partial charge is 0.338 e. The van der Waals surface area contributed by atoms with Gasteiger partial charge in [-0.25, -0.2) is 8.42 Å². The van der Waals surface area contributed by atoms with Crippen molar-refractivity contribution in [3.8, 4) is 6.07 Å². The normalized spacial score (nSPS) is 11.1. The predicted octanol–water partition coefficient (Wildman–Crippen LogP) is 0.404. The standard InChI is InChI=1S/C8H10N2O2S/c1-13(11,12)6-5-10-4-2-3-8(10)7-9/h2-4H,5-6H2,1H3. The lowest BCUT2D eigenvalue weighted by Gasteiger charge is -2.02. The Labute approximate surface area is 77.3 Å². The van der Waals surface area contributed by atoms with Crippen LogP contribution in [0.3, 0.4) is 0 Å². The number of hydrogen-bond acceptors (Lipinski definition) is 3. The van der Waals surface area contributed by atoms with Gasteiger partial charge in [0.05, 0.1) is 5.75 Å². The summed E-state index contributed by atoms with van der Waals surface area (Å²) in [7, 11) is -2.96. The van der Waals surface area contributed by atoms with Gasteiger partial charge in [0.15, 0.2) is 0 Å². The molecule has 0 radical (unpaired) electrons. The summed E-state index contributed by atoms with van der Waals surface area (Å²) in [4.78, 5) is 0. The first-order valence-corrected chi connectivity index (χ1v) is 5.82. The van der Waals surface area contributed by atoms with Gasteiger partial charge < -0.3 is 4.57 Å². The molecule has 1 aromatic rings. The van der Waals surface area contributed by atoms with Crippen LogP contribution in [0.2, 0.25) is 0 Å². The summed E-state index contributed by atoms with van der Waals surface area (Å²) in [5.74, 6) is 0.0658. The van der Waals surface area contributed by atoms with Gasteiger partial charge in [0.25, 0.3) is 0 Å². The Kier molecular flexibility index (Phi) is 2.73. The van der Waals surface area contributed by atoms with Crippen LogP contribution in [0.25, 0.3) is 0 Å². The van der Waals surface area contributed by atoms with E-state index in [1.807, 2.05) is 6.07 Å². The third kappa shape index (κ3) is 2.92. The number of nitrogens with zero attached hydrogens (tertiary/aromatic N) is 2. The maximum absolute atomic E-state index is 10.8. The summed E-state index contributed by atoms with van der Waals surface area (Å²) in [6.07, 6.45) is 2.88. The van der Waals surface area contributed by atoms with E-state index in [2.05, 4.69) is 0 Å². The summed E-state index contributed by atoms with van der Waals surface area (Å²) >= 11 is 0. The fourth-order valence-electron chi connectivity index (χ4n) is 0.975. The molecular weight excluding hydrogens is 188 g/mol. The van der Waals surface area contributed by atoms with E-state index in [9.17, 15) is 8.42 Å². The number of hydrogen-bond donors (Lipinski definition) is 0. The fraction of sp³-hybridized carbons (Fsp3) is 0.375. The third-order valence-corrected chi connectivity index (χ3v) is 2.57. The van der Waals surface area contributed by atoms with E-state index >= 15 is 0 Å². The maximum atomic E-state index is 10.8. The summed E-state index contributed by atoms with van der Waals surface area (Å²) in [6, 6.07) is 5.36. The van der Waals surface area contributed by atoms with E-state index in [1.54, 1.807) is 22.9 Å². The van der Waals surface area contributed by atoms with E-state index in [4.69, 9.17) is 5.26 Å². The Morgan fingerprint density at radius 1 is 1.62 bits per heavy atom. The van der Waals surface area contributed by atoms with Crippen LogP contribution in [0, 0.1) is 11.3 Å². The zero-order chi connectivity index (χ0) is 9.90. The molecule has 0 unspecified atom stereocenters. The molecule has 0 aliphatic heterocycles. The highest BCUT2D eigenvalue weighted by molar-refractivity contribution is 7.90. The first-order valence-electron chi connectivity index (χ1n) is 3.76. The average Bonchev–Trinajstić information content (AvgIpc) is 2.46. The molecule has 70 valence electrons. The van der Waals surface area contributed by atoms with Crippen LogP contribution < -0.4 is 0 Å². The molecule has 0 amide bonds. The monoisotopic (exact) mass is 198 g/mol. The second kappa shape index (κ2) is 3.62. The lowest BCUT2D eigenvalue weighted by molar-refractivity contribution is 0.594. The predicted molar refractivity (Wildman–Crippen MR) is 48.9 cm³/mol. The molecule has 0 spiro atoms.